The summed E-state index contributed by atoms with van der Waals surface area (Å²) in [5.41, 5.74) is 5.25. The predicted molar refractivity (Wildman–Crippen MR) is 149 cm³/mol. The third kappa shape index (κ3) is 4.51. The monoisotopic (exact) mass is 498 g/mol. The summed E-state index contributed by atoms with van der Waals surface area (Å²) >= 11 is 1.41. The molecule has 0 saturated carbocycles. The molecular weight excluding hydrogens is 468 g/mol. The van der Waals surface area contributed by atoms with Gasteiger partial charge < -0.3 is 4.74 Å². The van der Waals surface area contributed by atoms with Crippen molar-refractivity contribution in [3.63, 3.8) is 0 Å². The molecule has 0 bridgehead atoms. The molecule has 5 rings (SSSR count). The highest BCUT2D eigenvalue weighted by Gasteiger charge is 2.53. The number of hydrogen-bond acceptors (Lipinski definition) is 7. The van der Waals surface area contributed by atoms with Crippen molar-refractivity contribution in [3.8, 4) is 0 Å². The first kappa shape index (κ1) is 24.1. The molecule has 0 fully saturated rings. The predicted octanol–water partition coefficient (Wildman–Crippen LogP) is 6.60. The van der Waals surface area contributed by atoms with Crippen LogP contribution in [0.3, 0.4) is 0 Å². The lowest BCUT2D eigenvalue weighted by atomic mass is 9.97. The molecule has 0 N–H and O–H groups in total. The second-order valence-corrected chi connectivity index (χ2v) is 10.3. The molecule has 0 saturated heterocycles. The van der Waals surface area contributed by atoms with Gasteiger partial charge in [0.15, 0.2) is 0 Å². The van der Waals surface area contributed by atoms with E-state index in [1.54, 1.807) is 6.92 Å². The Kier molecular flexibility index (Phi) is 6.83. The zero-order valence-corrected chi connectivity index (χ0v) is 21.6. The molecule has 2 heterocycles. The number of esters is 1. The lowest BCUT2D eigenvalue weighted by Gasteiger charge is -2.46. The summed E-state index contributed by atoms with van der Waals surface area (Å²) in [5, 5.41) is 14.3. The highest BCUT2D eigenvalue weighted by atomic mass is 32.2. The van der Waals surface area contributed by atoms with Gasteiger partial charge in [0, 0.05) is 6.42 Å². The maximum absolute atomic E-state index is 12.8. The number of benzene rings is 3. The molecular formula is C29H30N4O2S. The molecule has 36 heavy (non-hydrogen) atoms. The van der Waals surface area contributed by atoms with Gasteiger partial charge in [-0.25, -0.2) is 14.8 Å². The van der Waals surface area contributed by atoms with Gasteiger partial charge in [-0.05, 0) is 66.4 Å². The number of carbonyl (C=O) groups is 1. The second-order valence-electron chi connectivity index (χ2n) is 9.09. The molecule has 2 aliphatic heterocycles. The van der Waals surface area contributed by atoms with E-state index >= 15 is 0 Å². The Morgan fingerprint density at radius 3 is 2.06 bits per heavy atom. The van der Waals surface area contributed by atoms with Gasteiger partial charge in [-0.3, -0.25) is 0 Å². The largest absolute Gasteiger partial charge is 0.461 e. The molecule has 1 atom stereocenters. The first-order valence-corrected chi connectivity index (χ1v) is 13.2. The van der Waals surface area contributed by atoms with Crippen LogP contribution >= 0.6 is 11.8 Å². The summed E-state index contributed by atoms with van der Waals surface area (Å²) in [7, 11) is 0. The van der Waals surface area contributed by atoms with Crippen molar-refractivity contribution in [2.24, 2.45) is 10.2 Å². The van der Waals surface area contributed by atoms with Gasteiger partial charge >= 0.3 is 5.97 Å². The quantitative estimate of drug-likeness (QED) is 0.359. The van der Waals surface area contributed by atoms with Crippen molar-refractivity contribution in [3.05, 3.63) is 96.1 Å². The van der Waals surface area contributed by atoms with Gasteiger partial charge in [0.2, 0.25) is 10.0 Å². The SMILES string of the molecule is CCOC(=O)C1=NN(c2ccccc2)[C@@]2(CCC(c3ccc(C(C)C)cc3)=NN2c2ccccc2)S1. The molecule has 3 aromatic rings. The van der Waals surface area contributed by atoms with Crippen molar-refractivity contribution in [2.45, 2.75) is 44.5 Å². The molecule has 2 aliphatic rings. The van der Waals surface area contributed by atoms with Crippen LogP contribution in [0.15, 0.2) is 95.1 Å². The Labute approximate surface area is 216 Å². The van der Waals surface area contributed by atoms with E-state index in [0.29, 0.717) is 24.0 Å². The van der Waals surface area contributed by atoms with E-state index in [9.17, 15) is 4.79 Å². The Morgan fingerprint density at radius 1 is 0.917 bits per heavy atom. The minimum Gasteiger partial charge on any atom is -0.461 e. The minimum absolute atomic E-state index is 0.299. The Hall–Kier alpha value is -3.58. The van der Waals surface area contributed by atoms with E-state index in [4.69, 9.17) is 14.9 Å². The van der Waals surface area contributed by atoms with Crippen molar-refractivity contribution in [1.82, 2.24) is 0 Å². The average Bonchev–Trinajstić information content (AvgIpc) is 3.30. The third-order valence-electron chi connectivity index (χ3n) is 6.38. The molecule has 7 heteroatoms. The molecule has 1 spiro atoms. The maximum Gasteiger partial charge on any atom is 0.365 e. The lowest BCUT2D eigenvalue weighted by molar-refractivity contribution is -0.134. The number of carbonyl (C=O) groups excluding carboxylic acids is 1. The second kappa shape index (κ2) is 10.2. The van der Waals surface area contributed by atoms with Crippen LogP contribution < -0.4 is 10.0 Å². The van der Waals surface area contributed by atoms with Crippen molar-refractivity contribution < 1.29 is 9.53 Å². The topological polar surface area (TPSA) is 57.5 Å². The average molecular weight is 499 g/mol. The van der Waals surface area contributed by atoms with E-state index in [0.717, 1.165) is 29.1 Å². The van der Waals surface area contributed by atoms with Crippen LogP contribution in [-0.2, 0) is 9.53 Å². The first-order chi connectivity index (χ1) is 17.5. The fraction of sp³-hybridized carbons (Fsp3) is 0.276. The maximum atomic E-state index is 12.8. The molecule has 0 aliphatic carbocycles. The molecule has 0 amide bonds. The van der Waals surface area contributed by atoms with Crippen LogP contribution in [0.1, 0.15) is 50.7 Å². The van der Waals surface area contributed by atoms with Crippen LogP contribution in [0.4, 0.5) is 11.4 Å². The molecule has 184 valence electrons. The number of rotatable bonds is 6. The zero-order valence-electron chi connectivity index (χ0n) is 20.8. The lowest BCUT2D eigenvalue weighted by Crippen LogP contribution is -2.56. The van der Waals surface area contributed by atoms with Crippen LogP contribution in [0, 0.1) is 0 Å². The van der Waals surface area contributed by atoms with Gasteiger partial charge in [-0.15, -0.1) is 0 Å². The minimum atomic E-state index is -0.744. The standard InChI is InChI=1S/C29H30N4O2S/c1-4-35-28(34)27-31-33(25-13-9-6-10-14-25)29(36-27)20-19-26(23-17-15-22(16-18-23)21(2)3)30-32(29)24-11-7-5-8-12-24/h5-18,21H,4,19-20H2,1-3H3/t29-/m0/s1. The van der Waals surface area contributed by atoms with Gasteiger partial charge in [0.05, 0.1) is 23.7 Å². The Bertz CT molecular complexity index is 1280. The van der Waals surface area contributed by atoms with E-state index in [1.165, 1.54) is 17.3 Å². The number of thioether (sulfide) groups is 1. The Morgan fingerprint density at radius 2 is 1.50 bits per heavy atom. The summed E-state index contributed by atoms with van der Waals surface area (Å²) in [6.07, 6.45) is 1.45. The van der Waals surface area contributed by atoms with Crippen molar-refractivity contribution in [2.75, 3.05) is 16.6 Å². The number of ether oxygens (including phenoxy) is 1. The normalized spacial score (nSPS) is 19.4. The highest BCUT2D eigenvalue weighted by Crippen LogP contribution is 2.50. The van der Waals surface area contributed by atoms with Gasteiger partial charge in [0.25, 0.3) is 0 Å². The zero-order chi connectivity index (χ0) is 25.1. The summed E-state index contributed by atoms with van der Waals surface area (Å²) < 4.78 is 5.33. The summed E-state index contributed by atoms with van der Waals surface area (Å²) in [4.78, 5) is 12.1. The summed E-state index contributed by atoms with van der Waals surface area (Å²) in [5.74, 6) is 0.0663. The molecule has 0 aromatic heterocycles. The van der Waals surface area contributed by atoms with Crippen molar-refractivity contribution in [1.29, 1.82) is 0 Å². The number of anilines is 2. The van der Waals surface area contributed by atoms with Crippen molar-refractivity contribution >= 4 is 39.9 Å². The molecule has 6 nitrogen and oxygen atoms in total. The first-order valence-electron chi connectivity index (χ1n) is 12.3. The van der Waals surface area contributed by atoms with E-state index < -0.39 is 11.0 Å². The van der Waals surface area contributed by atoms with Crippen LogP contribution in [0.5, 0.6) is 0 Å². The van der Waals surface area contributed by atoms with Gasteiger partial charge in [-0.1, -0.05) is 74.5 Å². The van der Waals surface area contributed by atoms with E-state index in [2.05, 4.69) is 38.1 Å². The number of nitrogens with zero attached hydrogens (tertiary/aromatic N) is 4. The Balaban J connectivity index is 1.61. The third-order valence-corrected chi connectivity index (χ3v) is 7.70. The summed E-state index contributed by atoms with van der Waals surface area (Å²) in [6, 6.07) is 28.7. The molecule has 0 radical (unpaired) electrons. The van der Waals surface area contributed by atoms with Crippen LogP contribution in [0.25, 0.3) is 0 Å². The van der Waals surface area contributed by atoms with Gasteiger partial charge in [-0.2, -0.15) is 10.2 Å². The molecule has 0 unspecified atom stereocenters. The number of hydrazone groups is 2. The number of para-hydroxylation sites is 2. The van der Waals surface area contributed by atoms with Gasteiger partial charge in [0.1, 0.15) is 0 Å². The molecule has 3 aromatic carbocycles. The smallest absolute Gasteiger partial charge is 0.365 e. The summed E-state index contributed by atoms with van der Waals surface area (Å²) in [6.45, 7) is 6.50. The van der Waals surface area contributed by atoms with Crippen LogP contribution in [-0.4, -0.2) is 28.3 Å². The fourth-order valence-electron chi connectivity index (χ4n) is 4.51. The fourth-order valence-corrected chi connectivity index (χ4v) is 5.75. The number of hydrogen-bond donors (Lipinski definition) is 0. The highest BCUT2D eigenvalue weighted by molar-refractivity contribution is 8.17. The van der Waals surface area contributed by atoms with Crippen LogP contribution in [0.2, 0.25) is 0 Å². The van der Waals surface area contributed by atoms with E-state index in [1.807, 2.05) is 70.7 Å². The van der Waals surface area contributed by atoms with E-state index in [-0.39, 0.29) is 0 Å².